The number of fused-ring (bicyclic) bond motifs is 1. The van der Waals surface area contributed by atoms with Crippen molar-refractivity contribution >= 4 is 29.0 Å². The Kier molecular flexibility index (Phi) is 5.35. The van der Waals surface area contributed by atoms with Gasteiger partial charge in [-0.25, -0.2) is 4.98 Å². The lowest BCUT2D eigenvalue weighted by molar-refractivity contribution is 0.0701. The summed E-state index contributed by atoms with van der Waals surface area (Å²) in [6.07, 6.45) is 2.53. The molecule has 4 rings (SSSR count). The number of rotatable bonds is 5. The molecule has 2 aromatic rings. The van der Waals surface area contributed by atoms with Crippen LogP contribution in [0, 0.1) is 6.92 Å². The maximum Gasteiger partial charge on any atom is 0.252 e. The van der Waals surface area contributed by atoms with Gasteiger partial charge in [-0.3, -0.25) is 4.79 Å². The van der Waals surface area contributed by atoms with Crippen molar-refractivity contribution in [3.05, 3.63) is 29.5 Å². The number of amides is 1. The van der Waals surface area contributed by atoms with Gasteiger partial charge in [0.2, 0.25) is 12.3 Å². The van der Waals surface area contributed by atoms with Crippen molar-refractivity contribution < 1.29 is 19.4 Å². The molecule has 1 aromatic carbocycles. The number of aromatic nitrogens is 2. The zero-order valence-electron chi connectivity index (χ0n) is 17.3. The number of carbonyl (C=O) groups excluding carboxylic acids is 1. The molecule has 0 saturated carbocycles. The Bertz CT molecular complexity index is 963. The summed E-state index contributed by atoms with van der Waals surface area (Å²) in [5.41, 5.74) is 8.00. The van der Waals surface area contributed by atoms with E-state index in [2.05, 4.69) is 15.3 Å². The van der Waals surface area contributed by atoms with Crippen LogP contribution in [0.4, 0.5) is 23.1 Å². The molecule has 1 amide bonds. The molecule has 0 radical (unpaired) electrons. The fraction of sp³-hybridized carbons (Fsp3) is 0.450. The quantitative estimate of drug-likeness (QED) is 0.664. The Hall–Kier alpha value is -3.11. The first kappa shape index (κ1) is 20.2. The second-order valence-electron chi connectivity index (χ2n) is 7.47. The first-order valence-corrected chi connectivity index (χ1v) is 9.80. The Morgan fingerprint density at radius 3 is 2.77 bits per heavy atom. The smallest absolute Gasteiger partial charge is 0.252 e. The van der Waals surface area contributed by atoms with E-state index in [0.717, 1.165) is 24.1 Å². The van der Waals surface area contributed by atoms with Gasteiger partial charge in [0.15, 0.2) is 5.82 Å². The minimum atomic E-state index is -0.802. The van der Waals surface area contributed by atoms with Crippen molar-refractivity contribution in [1.82, 2.24) is 9.97 Å². The van der Waals surface area contributed by atoms with Crippen LogP contribution in [0.15, 0.2) is 18.3 Å². The molecule has 0 aliphatic carbocycles. The van der Waals surface area contributed by atoms with E-state index >= 15 is 0 Å². The highest BCUT2D eigenvalue weighted by atomic mass is 16.5. The van der Waals surface area contributed by atoms with Gasteiger partial charge in [-0.2, -0.15) is 4.98 Å². The first-order valence-electron chi connectivity index (χ1n) is 9.80. The maximum absolute atomic E-state index is 11.6. The predicted molar refractivity (Wildman–Crippen MR) is 112 cm³/mol. The van der Waals surface area contributed by atoms with Crippen molar-refractivity contribution in [3.8, 4) is 5.75 Å². The minimum absolute atomic E-state index is 0.136. The topological polar surface area (TPSA) is 126 Å². The fourth-order valence-electron chi connectivity index (χ4n) is 3.92. The average molecular weight is 414 g/mol. The van der Waals surface area contributed by atoms with Crippen molar-refractivity contribution in [3.63, 3.8) is 0 Å². The van der Waals surface area contributed by atoms with Crippen LogP contribution in [0.2, 0.25) is 0 Å². The third-order valence-electron chi connectivity index (χ3n) is 5.61. The molecule has 0 bridgehead atoms. The van der Waals surface area contributed by atoms with Gasteiger partial charge in [0.25, 0.3) is 5.91 Å². The number of aryl methyl sites for hydroxylation is 1. The van der Waals surface area contributed by atoms with E-state index in [4.69, 9.17) is 15.2 Å². The van der Waals surface area contributed by atoms with Crippen LogP contribution in [-0.2, 0) is 4.74 Å². The van der Waals surface area contributed by atoms with E-state index in [1.165, 1.54) is 7.11 Å². The summed E-state index contributed by atoms with van der Waals surface area (Å²) in [6, 6.07) is 3.50. The van der Waals surface area contributed by atoms with Gasteiger partial charge >= 0.3 is 0 Å². The number of hydrogen-bond donors (Lipinski definition) is 3. The molecule has 1 saturated heterocycles. The number of aliphatic hydroxyl groups is 1. The molecule has 4 N–H and O–H groups in total. The number of benzene rings is 1. The average Bonchev–Trinajstić information content (AvgIpc) is 2.99. The fourth-order valence-corrected chi connectivity index (χ4v) is 3.92. The zero-order valence-corrected chi connectivity index (χ0v) is 17.3. The van der Waals surface area contributed by atoms with Crippen molar-refractivity contribution in [2.45, 2.75) is 32.2 Å². The van der Waals surface area contributed by atoms with Gasteiger partial charge in [0.05, 0.1) is 18.9 Å². The van der Waals surface area contributed by atoms with E-state index in [1.807, 2.05) is 18.9 Å². The number of methoxy groups -OCH3 is 1. The number of nitrogens with two attached hydrogens (primary N) is 1. The number of anilines is 4. The summed E-state index contributed by atoms with van der Waals surface area (Å²) in [7, 11) is 3.30. The van der Waals surface area contributed by atoms with E-state index in [-0.39, 0.29) is 6.04 Å². The third-order valence-corrected chi connectivity index (χ3v) is 5.61. The van der Waals surface area contributed by atoms with Gasteiger partial charge in [-0.15, -0.1) is 0 Å². The maximum atomic E-state index is 11.6. The molecule has 1 aromatic heterocycles. The molecule has 2 aliphatic heterocycles. The highest BCUT2D eigenvalue weighted by molar-refractivity contribution is 5.96. The van der Waals surface area contributed by atoms with Crippen molar-refractivity contribution in [2.24, 2.45) is 5.73 Å². The van der Waals surface area contributed by atoms with Crippen molar-refractivity contribution in [2.75, 3.05) is 42.5 Å². The van der Waals surface area contributed by atoms with Gasteiger partial charge in [0, 0.05) is 38.1 Å². The van der Waals surface area contributed by atoms with Gasteiger partial charge in [-0.05, 0) is 31.4 Å². The van der Waals surface area contributed by atoms with Crippen LogP contribution < -0.4 is 25.6 Å². The van der Waals surface area contributed by atoms with Crippen LogP contribution in [0.25, 0.3) is 0 Å². The Labute approximate surface area is 174 Å². The van der Waals surface area contributed by atoms with E-state index in [0.29, 0.717) is 42.0 Å². The SMILES string of the molecule is COc1cc(Nc2ncc3c(n2)N(C2CCOCC2)C(O)N3C)c(C)cc1C(N)=O. The molecule has 3 heterocycles. The standard InChI is InChI=1S/C20H26N6O4/c1-11-8-13(17(21)27)16(29-3)9-14(11)23-19-22-10-15-18(24-19)26(20(28)25(15)2)12-4-6-30-7-5-12/h8-10,12,20,28H,4-7H2,1-3H3,(H2,21,27)(H,22,23,24). The normalized spacial score (nSPS) is 19.0. The van der Waals surface area contributed by atoms with Gasteiger partial charge in [0.1, 0.15) is 11.4 Å². The number of ether oxygens (including phenoxy) is 2. The zero-order chi connectivity index (χ0) is 21.4. The number of primary amides is 1. The molecule has 2 aliphatic rings. The molecular weight excluding hydrogens is 388 g/mol. The van der Waals surface area contributed by atoms with Crippen LogP contribution in [-0.4, -0.2) is 60.7 Å². The number of nitrogens with one attached hydrogen (secondary N) is 1. The van der Waals surface area contributed by atoms with Crippen LogP contribution in [0.3, 0.4) is 0 Å². The van der Waals surface area contributed by atoms with Crippen LogP contribution in [0.5, 0.6) is 5.75 Å². The molecule has 1 atom stereocenters. The van der Waals surface area contributed by atoms with Gasteiger partial charge < -0.3 is 35.4 Å². The number of hydrogen-bond acceptors (Lipinski definition) is 9. The minimum Gasteiger partial charge on any atom is -0.496 e. The Balaban J connectivity index is 1.66. The second kappa shape index (κ2) is 7.96. The summed E-state index contributed by atoms with van der Waals surface area (Å²) >= 11 is 0. The first-order chi connectivity index (χ1) is 14.4. The summed E-state index contributed by atoms with van der Waals surface area (Å²) in [5.74, 6) is 0.869. The Morgan fingerprint density at radius 2 is 2.10 bits per heavy atom. The Morgan fingerprint density at radius 1 is 1.37 bits per heavy atom. The third kappa shape index (κ3) is 3.48. The largest absolute Gasteiger partial charge is 0.496 e. The molecule has 30 heavy (non-hydrogen) atoms. The highest BCUT2D eigenvalue weighted by Crippen LogP contribution is 2.40. The molecular formula is C20H26N6O4. The summed E-state index contributed by atoms with van der Waals surface area (Å²) in [5, 5.41) is 14.0. The molecule has 10 heteroatoms. The van der Waals surface area contributed by atoms with Gasteiger partial charge in [-0.1, -0.05) is 0 Å². The second-order valence-corrected chi connectivity index (χ2v) is 7.47. The van der Waals surface area contributed by atoms with Crippen LogP contribution >= 0.6 is 0 Å². The number of aliphatic hydroxyl groups excluding tert-OH is 1. The molecule has 160 valence electrons. The lowest BCUT2D eigenvalue weighted by atomic mass is 10.1. The molecule has 10 nitrogen and oxygen atoms in total. The molecule has 1 unspecified atom stereocenters. The number of nitrogens with zero attached hydrogens (tertiary/aromatic N) is 4. The molecule has 0 spiro atoms. The summed E-state index contributed by atoms with van der Waals surface area (Å²) < 4.78 is 10.8. The van der Waals surface area contributed by atoms with Crippen LogP contribution in [0.1, 0.15) is 28.8 Å². The molecule has 1 fully saturated rings. The highest BCUT2D eigenvalue weighted by Gasteiger charge is 2.39. The number of carbonyl (C=O) groups is 1. The summed E-state index contributed by atoms with van der Waals surface area (Å²) in [4.78, 5) is 24.4. The monoisotopic (exact) mass is 414 g/mol. The lowest BCUT2D eigenvalue weighted by Gasteiger charge is -2.35. The van der Waals surface area contributed by atoms with E-state index < -0.39 is 12.3 Å². The summed E-state index contributed by atoms with van der Waals surface area (Å²) in [6.45, 7) is 3.18. The predicted octanol–water partition coefficient (Wildman–Crippen LogP) is 1.35. The van der Waals surface area contributed by atoms with E-state index in [9.17, 15) is 9.90 Å². The lowest BCUT2D eigenvalue weighted by Crippen LogP contribution is -2.49. The van der Waals surface area contributed by atoms with E-state index in [1.54, 1.807) is 23.2 Å². The van der Waals surface area contributed by atoms with Crippen molar-refractivity contribution in [1.29, 1.82) is 0 Å².